The second-order valence-electron chi connectivity index (χ2n) is 8.47. The SMILES string of the molecule is COc1c2c(cc3c1[C@H](CC(=O)c1ccc4c(c1)OCCO4)[N+](C)(C)CC3)OCO2. The van der Waals surface area contributed by atoms with Gasteiger partial charge in [-0.3, -0.25) is 4.79 Å². The molecule has 3 aliphatic rings. The van der Waals surface area contributed by atoms with Gasteiger partial charge in [0.2, 0.25) is 12.5 Å². The summed E-state index contributed by atoms with van der Waals surface area (Å²) in [6, 6.07) is 7.41. The summed E-state index contributed by atoms with van der Waals surface area (Å²) < 4.78 is 29.0. The minimum Gasteiger partial charge on any atom is -0.492 e. The third kappa shape index (κ3) is 3.04. The number of rotatable bonds is 4. The summed E-state index contributed by atoms with van der Waals surface area (Å²) in [6.45, 7) is 2.14. The largest absolute Gasteiger partial charge is 0.492 e. The monoisotopic (exact) mass is 412 g/mol. The fourth-order valence-electron chi connectivity index (χ4n) is 4.63. The number of fused-ring (bicyclic) bond motifs is 3. The molecule has 0 N–H and O–H groups in total. The predicted octanol–water partition coefficient (Wildman–Crippen LogP) is 3.14. The summed E-state index contributed by atoms with van der Waals surface area (Å²) in [7, 11) is 5.97. The van der Waals surface area contributed by atoms with Gasteiger partial charge in [-0.25, -0.2) is 0 Å². The number of ether oxygens (including phenoxy) is 5. The van der Waals surface area contributed by atoms with Crippen molar-refractivity contribution in [3.8, 4) is 28.7 Å². The first kappa shape index (κ1) is 19.1. The highest BCUT2D eigenvalue weighted by Gasteiger charge is 2.42. The van der Waals surface area contributed by atoms with Crippen molar-refractivity contribution >= 4 is 5.78 Å². The Hall–Kier alpha value is -2.93. The van der Waals surface area contributed by atoms with Crippen molar-refractivity contribution in [1.29, 1.82) is 0 Å². The summed E-state index contributed by atoms with van der Waals surface area (Å²) in [5.74, 6) is 3.42. The molecule has 5 rings (SSSR count). The van der Waals surface area contributed by atoms with Gasteiger partial charge in [-0.2, -0.15) is 0 Å². The topological polar surface area (TPSA) is 63.2 Å². The third-order valence-corrected chi connectivity index (χ3v) is 6.33. The van der Waals surface area contributed by atoms with Crippen LogP contribution in [0, 0.1) is 0 Å². The molecule has 0 fully saturated rings. The van der Waals surface area contributed by atoms with Crippen LogP contribution in [-0.4, -0.2) is 58.0 Å². The molecular formula is C23H26NO6+. The first-order valence-electron chi connectivity index (χ1n) is 10.2. The average Bonchev–Trinajstić information content (AvgIpc) is 3.22. The molecule has 0 saturated carbocycles. The second kappa shape index (κ2) is 7.09. The molecule has 0 unspecified atom stereocenters. The van der Waals surface area contributed by atoms with Gasteiger partial charge in [-0.05, 0) is 29.8 Å². The highest BCUT2D eigenvalue weighted by molar-refractivity contribution is 5.97. The van der Waals surface area contributed by atoms with E-state index in [2.05, 4.69) is 14.1 Å². The maximum absolute atomic E-state index is 13.3. The minimum atomic E-state index is -0.0566. The van der Waals surface area contributed by atoms with Crippen molar-refractivity contribution in [2.45, 2.75) is 18.9 Å². The molecule has 2 aromatic carbocycles. The molecule has 7 heteroatoms. The van der Waals surface area contributed by atoms with Crippen LogP contribution >= 0.6 is 0 Å². The molecule has 3 aliphatic heterocycles. The maximum atomic E-state index is 13.3. The Morgan fingerprint density at radius 1 is 1.07 bits per heavy atom. The summed E-state index contributed by atoms with van der Waals surface area (Å²) in [4.78, 5) is 13.3. The maximum Gasteiger partial charge on any atom is 0.231 e. The summed E-state index contributed by atoms with van der Waals surface area (Å²) in [6.07, 6.45) is 1.25. The van der Waals surface area contributed by atoms with E-state index in [1.54, 1.807) is 13.2 Å². The molecule has 30 heavy (non-hydrogen) atoms. The van der Waals surface area contributed by atoms with Crippen molar-refractivity contribution < 1.29 is 33.0 Å². The third-order valence-electron chi connectivity index (χ3n) is 6.33. The van der Waals surface area contributed by atoms with Gasteiger partial charge in [0, 0.05) is 12.0 Å². The van der Waals surface area contributed by atoms with E-state index in [9.17, 15) is 4.79 Å². The predicted molar refractivity (Wildman–Crippen MR) is 109 cm³/mol. The number of methoxy groups -OCH3 is 1. The highest BCUT2D eigenvalue weighted by Crippen LogP contribution is 2.51. The van der Waals surface area contributed by atoms with Gasteiger partial charge < -0.3 is 28.2 Å². The smallest absolute Gasteiger partial charge is 0.231 e. The number of carbonyl (C=O) groups is 1. The van der Waals surface area contributed by atoms with Crippen LogP contribution in [0.3, 0.4) is 0 Å². The normalized spacial score (nSPS) is 20.4. The molecule has 0 spiro atoms. The number of carbonyl (C=O) groups excluding carboxylic acids is 1. The number of hydrogen-bond acceptors (Lipinski definition) is 6. The van der Waals surface area contributed by atoms with Crippen molar-refractivity contribution in [3.05, 3.63) is 41.0 Å². The molecule has 7 nitrogen and oxygen atoms in total. The zero-order valence-corrected chi connectivity index (χ0v) is 17.5. The lowest BCUT2D eigenvalue weighted by molar-refractivity contribution is -0.922. The fourth-order valence-corrected chi connectivity index (χ4v) is 4.63. The molecule has 0 aliphatic carbocycles. The van der Waals surface area contributed by atoms with Gasteiger partial charge in [0.15, 0.2) is 28.8 Å². The van der Waals surface area contributed by atoms with Crippen molar-refractivity contribution in [2.24, 2.45) is 0 Å². The first-order valence-corrected chi connectivity index (χ1v) is 10.2. The van der Waals surface area contributed by atoms with Crippen molar-refractivity contribution in [2.75, 3.05) is 47.8 Å². The number of likely N-dealkylation sites (N-methyl/N-ethyl adjacent to an activating group) is 1. The molecule has 0 bridgehead atoms. The van der Waals surface area contributed by atoms with Gasteiger partial charge in [-0.15, -0.1) is 0 Å². The lowest BCUT2D eigenvalue weighted by Crippen LogP contribution is -2.48. The quantitative estimate of drug-likeness (QED) is 0.568. The van der Waals surface area contributed by atoms with E-state index in [1.165, 1.54) is 0 Å². The Morgan fingerprint density at radius 2 is 1.87 bits per heavy atom. The summed E-state index contributed by atoms with van der Waals surface area (Å²) >= 11 is 0. The van der Waals surface area contributed by atoms with Crippen LogP contribution in [0.2, 0.25) is 0 Å². The molecule has 2 aromatic rings. The van der Waals surface area contributed by atoms with Crippen LogP contribution in [0.4, 0.5) is 0 Å². The van der Waals surface area contributed by atoms with E-state index in [-0.39, 0.29) is 18.6 Å². The van der Waals surface area contributed by atoms with Crippen LogP contribution in [-0.2, 0) is 6.42 Å². The Balaban J connectivity index is 1.52. The molecule has 0 aromatic heterocycles. The van der Waals surface area contributed by atoms with Gasteiger partial charge in [0.1, 0.15) is 19.3 Å². The minimum absolute atomic E-state index is 0.0566. The fraction of sp³-hybridized carbons (Fsp3) is 0.435. The molecule has 1 atom stereocenters. The Kier molecular flexibility index (Phi) is 4.50. The van der Waals surface area contributed by atoms with Crippen LogP contribution in [0.15, 0.2) is 24.3 Å². The highest BCUT2D eigenvalue weighted by atomic mass is 16.7. The number of benzene rings is 2. The van der Waals surface area contributed by atoms with E-state index >= 15 is 0 Å². The molecule has 0 saturated heterocycles. The Labute approximate surface area is 175 Å². The zero-order valence-electron chi connectivity index (χ0n) is 17.5. The molecule has 158 valence electrons. The van der Waals surface area contributed by atoms with Crippen LogP contribution in [0.5, 0.6) is 28.7 Å². The molecule has 0 amide bonds. The van der Waals surface area contributed by atoms with E-state index in [0.717, 1.165) is 29.8 Å². The average molecular weight is 412 g/mol. The van der Waals surface area contributed by atoms with E-state index in [4.69, 9.17) is 23.7 Å². The lowest BCUT2D eigenvalue weighted by atomic mass is 9.86. The number of quaternary nitrogens is 1. The van der Waals surface area contributed by atoms with E-state index in [0.29, 0.717) is 52.7 Å². The summed E-state index contributed by atoms with van der Waals surface area (Å²) in [5, 5.41) is 0. The summed E-state index contributed by atoms with van der Waals surface area (Å²) in [5.41, 5.74) is 2.84. The first-order chi connectivity index (χ1) is 14.5. The van der Waals surface area contributed by atoms with Gasteiger partial charge in [-0.1, -0.05) is 0 Å². The lowest BCUT2D eigenvalue weighted by Gasteiger charge is -2.43. The number of hydrogen-bond donors (Lipinski definition) is 0. The Morgan fingerprint density at radius 3 is 2.67 bits per heavy atom. The van der Waals surface area contributed by atoms with Gasteiger partial charge >= 0.3 is 0 Å². The molecule has 3 heterocycles. The Bertz CT molecular complexity index is 1020. The molecular weight excluding hydrogens is 386 g/mol. The number of nitrogens with zero attached hydrogens (tertiary/aromatic N) is 1. The second-order valence-corrected chi connectivity index (χ2v) is 8.47. The van der Waals surface area contributed by atoms with Crippen molar-refractivity contribution in [3.63, 3.8) is 0 Å². The van der Waals surface area contributed by atoms with Crippen LogP contribution in [0.25, 0.3) is 0 Å². The van der Waals surface area contributed by atoms with E-state index in [1.807, 2.05) is 18.2 Å². The number of ketones is 1. The number of Topliss-reactive ketones (excluding diaryl/α,β-unsaturated/α-hetero) is 1. The van der Waals surface area contributed by atoms with Gasteiger partial charge in [0.05, 0.1) is 39.7 Å². The molecule has 0 radical (unpaired) electrons. The van der Waals surface area contributed by atoms with Crippen molar-refractivity contribution in [1.82, 2.24) is 0 Å². The van der Waals surface area contributed by atoms with Crippen LogP contribution < -0.4 is 23.7 Å². The van der Waals surface area contributed by atoms with E-state index < -0.39 is 0 Å². The van der Waals surface area contributed by atoms with Gasteiger partial charge in [0.25, 0.3) is 0 Å². The van der Waals surface area contributed by atoms with Crippen LogP contribution in [0.1, 0.15) is 33.9 Å². The zero-order chi connectivity index (χ0) is 20.9. The standard InChI is InChI=1S/C23H26NO6/c1-24(2)7-6-15-11-20-22(30-13-29-20)23(26-3)21(15)16(24)12-17(25)14-4-5-18-19(10-14)28-9-8-27-18/h4-5,10-11,16H,6-9,12-13H2,1-3H3/q+1/t16-/m0/s1.